The van der Waals surface area contributed by atoms with E-state index in [-0.39, 0.29) is 23.8 Å². The molecule has 1 N–H and O–H groups in total. The Morgan fingerprint density at radius 3 is 2.69 bits per heavy atom. The predicted octanol–water partition coefficient (Wildman–Crippen LogP) is 5.68. The van der Waals surface area contributed by atoms with Crippen molar-refractivity contribution in [3.05, 3.63) is 71.8 Å². The van der Waals surface area contributed by atoms with Crippen molar-refractivity contribution >= 4 is 17.1 Å². The number of oxazole rings is 1. The normalized spacial score (nSPS) is 15.9. The Labute approximate surface area is 205 Å². The Morgan fingerprint density at radius 1 is 1.19 bits per heavy atom. The van der Waals surface area contributed by atoms with Crippen molar-refractivity contribution in [1.82, 2.24) is 9.88 Å². The average Bonchev–Trinajstić information content (AvgIpc) is 3.50. The van der Waals surface area contributed by atoms with Crippen LogP contribution < -0.4 is 4.74 Å². The van der Waals surface area contributed by atoms with Crippen LogP contribution >= 0.6 is 0 Å². The number of halogens is 2. The molecule has 0 aliphatic carbocycles. The van der Waals surface area contributed by atoms with Gasteiger partial charge in [0.1, 0.15) is 23.4 Å². The van der Waals surface area contributed by atoms with E-state index in [0.29, 0.717) is 47.2 Å². The van der Waals surface area contributed by atoms with E-state index >= 15 is 0 Å². The van der Waals surface area contributed by atoms with Crippen molar-refractivity contribution in [2.45, 2.75) is 32.0 Å². The lowest BCUT2D eigenvalue weighted by Gasteiger charge is -2.22. The Balaban J connectivity index is 1.58. The van der Waals surface area contributed by atoms with Gasteiger partial charge in [-0.2, -0.15) is 14.0 Å². The minimum atomic E-state index is -3.06. The second-order valence-electron chi connectivity index (χ2n) is 8.50. The summed E-state index contributed by atoms with van der Waals surface area (Å²) in [6.45, 7) is -2.42. The van der Waals surface area contributed by atoms with Crippen molar-refractivity contribution in [1.29, 1.82) is 5.26 Å². The highest BCUT2D eigenvalue weighted by atomic mass is 19.3. The molecule has 36 heavy (non-hydrogen) atoms. The van der Waals surface area contributed by atoms with Gasteiger partial charge < -0.3 is 14.3 Å². The molecule has 9 heteroatoms. The van der Waals surface area contributed by atoms with E-state index in [4.69, 9.17) is 9.15 Å². The van der Waals surface area contributed by atoms with Gasteiger partial charge in [-0.25, -0.2) is 4.98 Å². The number of alkyl halides is 2. The molecule has 2 heterocycles. The zero-order valence-corrected chi connectivity index (χ0v) is 19.0. The predicted molar refractivity (Wildman–Crippen MR) is 127 cm³/mol. The lowest BCUT2D eigenvalue weighted by atomic mass is 9.96. The largest absolute Gasteiger partial charge is 0.480 e. The number of fused-ring (bicyclic) bond motifs is 1. The lowest BCUT2D eigenvalue weighted by Crippen LogP contribution is -2.35. The number of likely N-dealkylation sites (tertiary alicyclic amines) is 1. The van der Waals surface area contributed by atoms with E-state index in [9.17, 15) is 23.9 Å². The maximum absolute atomic E-state index is 13.2. The molecular weight excluding hydrogens is 468 g/mol. The summed E-state index contributed by atoms with van der Waals surface area (Å²) in [4.78, 5) is 17.8. The van der Waals surface area contributed by atoms with Crippen LogP contribution in [0.4, 0.5) is 8.78 Å². The number of nitriles is 1. The second kappa shape index (κ2) is 9.76. The highest BCUT2D eigenvalue weighted by Gasteiger charge is 2.31. The maximum atomic E-state index is 13.2. The molecule has 1 atom stereocenters. The first-order valence-electron chi connectivity index (χ1n) is 11.4. The fourth-order valence-corrected chi connectivity index (χ4v) is 4.67. The molecule has 0 saturated carbocycles. The molecule has 0 spiro atoms. The number of carboxylic acid groups (broad SMARTS) is 1. The van der Waals surface area contributed by atoms with Crippen LogP contribution in [0.15, 0.2) is 65.1 Å². The van der Waals surface area contributed by atoms with Gasteiger partial charge in [0.15, 0.2) is 5.58 Å². The summed E-state index contributed by atoms with van der Waals surface area (Å²) in [7, 11) is 0. The van der Waals surface area contributed by atoms with Gasteiger partial charge in [0, 0.05) is 23.7 Å². The quantitative estimate of drug-likeness (QED) is 0.356. The molecule has 4 aromatic rings. The van der Waals surface area contributed by atoms with E-state index in [1.54, 1.807) is 23.1 Å². The first kappa shape index (κ1) is 23.5. The topological polar surface area (TPSA) is 99.6 Å². The molecule has 3 aromatic carbocycles. The molecule has 0 amide bonds. The zero-order chi connectivity index (χ0) is 25.2. The minimum Gasteiger partial charge on any atom is -0.480 e. The van der Waals surface area contributed by atoms with Crippen molar-refractivity contribution in [3.63, 3.8) is 0 Å². The van der Waals surface area contributed by atoms with Gasteiger partial charge in [-0.1, -0.05) is 42.5 Å². The summed E-state index contributed by atoms with van der Waals surface area (Å²) >= 11 is 0. The number of nitrogens with zero attached hydrogens (tertiary/aromatic N) is 3. The van der Waals surface area contributed by atoms with Crippen molar-refractivity contribution in [3.8, 4) is 34.4 Å². The fraction of sp³-hybridized carbons (Fsp3) is 0.222. The van der Waals surface area contributed by atoms with Crippen LogP contribution in [0.1, 0.15) is 24.0 Å². The number of hydrogen-bond acceptors (Lipinski definition) is 6. The molecule has 0 bridgehead atoms. The molecular formula is C27H21F2N3O4. The van der Waals surface area contributed by atoms with Gasteiger partial charge in [0.05, 0.1) is 11.1 Å². The molecule has 182 valence electrons. The molecule has 0 unspecified atom stereocenters. The first-order chi connectivity index (χ1) is 17.4. The zero-order valence-electron chi connectivity index (χ0n) is 19.0. The van der Waals surface area contributed by atoms with Gasteiger partial charge in [-0.05, 0) is 37.1 Å². The van der Waals surface area contributed by atoms with Crippen LogP contribution in [0.3, 0.4) is 0 Å². The van der Waals surface area contributed by atoms with E-state index in [0.717, 1.165) is 5.56 Å². The third kappa shape index (κ3) is 4.51. The number of ether oxygens (including phenoxy) is 1. The van der Waals surface area contributed by atoms with Crippen molar-refractivity contribution in [2.24, 2.45) is 0 Å². The molecule has 1 fully saturated rings. The van der Waals surface area contributed by atoms with Crippen LogP contribution in [0.2, 0.25) is 0 Å². The molecule has 1 aliphatic heterocycles. The first-order valence-corrected chi connectivity index (χ1v) is 11.4. The minimum absolute atomic E-state index is 0.102. The number of carboxylic acids is 1. The Kier molecular flexibility index (Phi) is 6.36. The van der Waals surface area contributed by atoms with Crippen LogP contribution in [0.5, 0.6) is 5.75 Å². The number of aromatic nitrogens is 1. The van der Waals surface area contributed by atoms with Crippen LogP contribution in [-0.2, 0) is 11.3 Å². The Morgan fingerprint density at radius 2 is 1.97 bits per heavy atom. The third-order valence-corrected chi connectivity index (χ3v) is 6.30. The molecule has 5 rings (SSSR count). The number of rotatable bonds is 7. The summed E-state index contributed by atoms with van der Waals surface area (Å²) in [5, 5.41) is 19.4. The van der Waals surface area contributed by atoms with Gasteiger partial charge in [-0.3, -0.25) is 9.69 Å². The Hall–Kier alpha value is -4.29. The average molecular weight is 489 g/mol. The van der Waals surface area contributed by atoms with Gasteiger partial charge in [0.2, 0.25) is 5.89 Å². The third-order valence-electron chi connectivity index (χ3n) is 6.30. The summed E-state index contributed by atoms with van der Waals surface area (Å²) < 4.78 is 37.0. The van der Waals surface area contributed by atoms with E-state index < -0.39 is 18.6 Å². The summed E-state index contributed by atoms with van der Waals surface area (Å²) in [5.41, 5.74) is 3.42. The van der Waals surface area contributed by atoms with E-state index in [1.165, 1.54) is 6.07 Å². The summed E-state index contributed by atoms with van der Waals surface area (Å²) in [5.74, 6) is -0.880. The lowest BCUT2D eigenvalue weighted by molar-refractivity contribution is -0.142. The molecule has 1 aliphatic rings. The summed E-state index contributed by atoms with van der Waals surface area (Å²) in [6.07, 6.45) is 1.19. The number of benzene rings is 3. The van der Waals surface area contributed by atoms with Gasteiger partial charge in [0.25, 0.3) is 0 Å². The van der Waals surface area contributed by atoms with Crippen LogP contribution in [0.25, 0.3) is 33.7 Å². The highest BCUT2D eigenvalue weighted by molar-refractivity contribution is 5.83. The van der Waals surface area contributed by atoms with E-state index in [2.05, 4.69) is 11.1 Å². The maximum Gasteiger partial charge on any atom is 0.387 e. The van der Waals surface area contributed by atoms with E-state index in [1.807, 2.05) is 36.4 Å². The van der Waals surface area contributed by atoms with Gasteiger partial charge in [-0.15, -0.1) is 0 Å². The van der Waals surface area contributed by atoms with Crippen LogP contribution in [0, 0.1) is 11.3 Å². The number of carbonyl (C=O) groups is 1. The fourth-order valence-electron chi connectivity index (χ4n) is 4.67. The van der Waals surface area contributed by atoms with Gasteiger partial charge >= 0.3 is 12.6 Å². The molecule has 0 radical (unpaired) electrons. The van der Waals surface area contributed by atoms with Crippen molar-refractivity contribution in [2.75, 3.05) is 6.54 Å². The Bertz CT molecular complexity index is 1460. The summed E-state index contributed by atoms with van der Waals surface area (Å²) in [6, 6.07) is 19.2. The number of hydrogen-bond donors (Lipinski definition) is 1. The second-order valence-corrected chi connectivity index (χ2v) is 8.50. The van der Waals surface area contributed by atoms with Crippen LogP contribution in [-0.4, -0.2) is 40.2 Å². The number of aliphatic carboxylic acids is 1. The standard InChI is InChI=1S/C27H21F2N3O4/c28-27(29)36-23-13-24-21(12-17(23)15-32-11-5-10-22(32)26(33)34)31-25(35-24)19-9-4-8-18(20(19)14-30)16-6-2-1-3-7-16/h1-4,6-9,12-13,22,27H,5,10-11,15H2,(H,33,34)/t22-/m0/s1. The van der Waals surface area contributed by atoms with Crippen molar-refractivity contribution < 1.29 is 27.8 Å². The smallest absolute Gasteiger partial charge is 0.387 e. The molecule has 7 nitrogen and oxygen atoms in total. The molecule has 1 aromatic heterocycles. The molecule has 1 saturated heterocycles. The monoisotopic (exact) mass is 489 g/mol. The highest BCUT2D eigenvalue weighted by Crippen LogP contribution is 2.36. The SMILES string of the molecule is N#Cc1c(-c2ccccc2)cccc1-c1nc2cc(CN3CCC[C@H]3C(=O)O)c(OC(F)F)cc2o1.